The van der Waals surface area contributed by atoms with Gasteiger partial charge in [-0.25, -0.2) is 4.98 Å². The summed E-state index contributed by atoms with van der Waals surface area (Å²) in [7, 11) is 8.25. The number of para-hydroxylation sites is 3. The van der Waals surface area contributed by atoms with Gasteiger partial charge in [0, 0.05) is 68.9 Å². The first-order valence-corrected chi connectivity index (χ1v) is 11.5. The molecule has 4 aromatic carbocycles. The van der Waals surface area contributed by atoms with Gasteiger partial charge in [0.1, 0.15) is 11.2 Å². The summed E-state index contributed by atoms with van der Waals surface area (Å²) in [5, 5.41) is 0. The van der Waals surface area contributed by atoms with Gasteiger partial charge in [-0.2, -0.15) is 0 Å². The minimum Gasteiger partial charge on any atom is -0.378 e. The maximum absolute atomic E-state index is 5.20. The Bertz CT molecular complexity index is 1420. The van der Waals surface area contributed by atoms with Crippen LogP contribution in [-0.2, 0) is 0 Å². The van der Waals surface area contributed by atoms with Crippen LogP contribution in [0.5, 0.6) is 0 Å². The molecule has 1 aromatic heterocycles. The molecule has 0 aliphatic heterocycles. The molecule has 0 saturated heterocycles. The van der Waals surface area contributed by atoms with Crippen molar-refractivity contribution in [3.05, 3.63) is 103 Å². The zero-order valence-electron chi connectivity index (χ0n) is 20.1. The Kier molecular flexibility index (Phi) is 5.72. The number of nitrogens with zero attached hydrogens (tertiary/aromatic N) is 4. The molecule has 0 fully saturated rings. The van der Waals surface area contributed by atoms with Gasteiger partial charge in [-0.3, -0.25) is 0 Å². The molecule has 4 nitrogen and oxygen atoms in total. The molecular weight excluding hydrogens is 416 g/mol. The largest absolute Gasteiger partial charge is 0.378 e. The topological polar surface area (TPSA) is 23.2 Å². The van der Waals surface area contributed by atoms with E-state index in [9.17, 15) is 0 Å². The Morgan fingerprint density at radius 2 is 1.09 bits per heavy atom. The molecule has 0 atom stereocenters. The van der Waals surface area contributed by atoms with Gasteiger partial charge in [0.2, 0.25) is 16.9 Å². The molecule has 0 aliphatic carbocycles. The van der Waals surface area contributed by atoms with Crippen molar-refractivity contribution in [3.8, 4) is 28.2 Å². The molecule has 5 rings (SSSR count). The maximum atomic E-state index is 5.20. The highest BCUT2D eigenvalue weighted by Gasteiger charge is 2.27. The molecule has 0 amide bonds. The highest BCUT2D eigenvalue weighted by molar-refractivity contribution is 5.83. The average molecular weight is 446 g/mol. The Morgan fingerprint density at radius 1 is 0.559 bits per heavy atom. The van der Waals surface area contributed by atoms with Crippen molar-refractivity contribution < 1.29 is 4.57 Å². The van der Waals surface area contributed by atoms with E-state index in [4.69, 9.17) is 4.98 Å². The van der Waals surface area contributed by atoms with Crippen LogP contribution in [0, 0.1) is 0 Å². The van der Waals surface area contributed by atoms with Crippen LogP contribution in [0.15, 0.2) is 103 Å². The molecule has 168 valence electrons. The predicted molar refractivity (Wildman–Crippen MR) is 143 cm³/mol. The van der Waals surface area contributed by atoms with Crippen molar-refractivity contribution >= 4 is 22.4 Å². The van der Waals surface area contributed by atoms with Gasteiger partial charge in [0.05, 0.1) is 0 Å². The van der Waals surface area contributed by atoms with Crippen LogP contribution in [0.1, 0.15) is 0 Å². The van der Waals surface area contributed by atoms with Crippen LogP contribution >= 0.6 is 0 Å². The van der Waals surface area contributed by atoms with Gasteiger partial charge >= 0.3 is 0 Å². The van der Waals surface area contributed by atoms with Crippen LogP contribution in [-0.4, -0.2) is 33.2 Å². The van der Waals surface area contributed by atoms with Gasteiger partial charge in [0.15, 0.2) is 0 Å². The van der Waals surface area contributed by atoms with Crippen LogP contribution in [0.3, 0.4) is 0 Å². The molecule has 0 radical (unpaired) electrons. The van der Waals surface area contributed by atoms with E-state index in [1.54, 1.807) is 0 Å². The summed E-state index contributed by atoms with van der Waals surface area (Å²) in [4.78, 5) is 9.43. The Morgan fingerprint density at radius 3 is 1.68 bits per heavy atom. The van der Waals surface area contributed by atoms with Crippen molar-refractivity contribution in [3.63, 3.8) is 0 Å². The average Bonchev–Trinajstić information content (AvgIpc) is 2.88. The summed E-state index contributed by atoms with van der Waals surface area (Å²) in [6.07, 6.45) is 0. The fraction of sp³-hybridized carbons (Fsp3) is 0.133. The van der Waals surface area contributed by atoms with Gasteiger partial charge in [-0.1, -0.05) is 42.5 Å². The summed E-state index contributed by atoms with van der Waals surface area (Å²) in [6.45, 7) is 0. The predicted octanol–water partition coefficient (Wildman–Crippen LogP) is 5.98. The van der Waals surface area contributed by atoms with Gasteiger partial charge in [0.25, 0.3) is 0 Å². The van der Waals surface area contributed by atoms with Crippen molar-refractivity contribution in [2.45, 2.75) is 0 Å². The number of anilines is 2. The summed E-state index contributed by atoms with van der Waals surface area (Å²) in [6, 6.07) is 36.2. The van der Waals surface area contributed by atoms with E-state index < -0.39 is 0 Å². The third-order valence-electron chi connectivity index (χ3n) is 6.13. The van der Waals surface area contributed by atoms with Crippen molar-refractivity contribution in [1.82, 2.24) is 4.98 Å². The monoisotopic (exact) mass is 445 g/mol. The Balaban J connectivity index is 1.86. The molecule has 5 aromatic rings. The van der Waals surface area contributed by atoms with E-state index in [0.717, 1.165) is 44.9 Å². The quantitative estimate of drug-likeness (QED) is 0.311. The smallest absolute Gasteiger partial charge is 0.245 e. The van der Waals surface area contributed by atoms with Gasteiger partial charge in [-0.05, 0) is 42.5 Å². The number of hydrogen-bond acceptors (Lipinski definition) is 3. The molecule has 0 spiro atoms. The second kappa shape index (κ2) is 8.99. The van der Waals surface area contributed by atoms with Crippen LogP contribution in [0.4, 0.5) is 11.4 Å². The van der Waals surface area contributed by atoms with E-state index in [1.807, 2.05) is 0 Å². The van der Waals surface area contributed by atoms with Crippen LogP contribution in [0.2, 0.25) is 0 Å². The van der Waals surface area contributed by atoms with Crippen LogP contribution in [0.25, 0.3) is 39.2 Å². The number of rotatable bonds is 5. The minimum atomic E-state index is 0.963. The number of aromatic nitrogens is 2. The zero-order valence-corrected chi connectivity index (χ0v) is 20.1. The molecule has 34 heavy (non-hydrogen) atoms. The lowest BCUT2D eigenvalue weighted by molar-refractivity contribution is -0.555. The lowest BCUT2D eigenvalue weighted by atomic mass is 10.0. The van der Waals surface area contributed by atoms with Gasteiger partial charge < -0.3 is 9.80 Å². The normalized spacial score (nSPS) is 10.9. The first-order chi connectivity index (χ1) is 16.5. The zero-order chi connectivity index (χ0) is 23.7. The summed E-state index contributed by atoms with van der Waals surface area (Å²) < 4.78 is 2.34. The van der Waals surface area contributed by atoms with Crippen molar-refractivity contribution in [1.29, 1.82) is 0 Å². The molecule has 4 heteroatoms. The number of fused-ring (bicyclic) bond motifs is 1. The molecule has 0 unspecified atom stereocenters. The molecule has 0 bridgehead atoms. The standard InChI is InChI=1S/C30H29N4/c1-32(2)24-18-14-22(15-19-24)29-30(23-16-20-25(21-17-23)33(3)4)34(26-10-6-5-7-11-26)28-13-9-8-12-27(28)31-29/h5-21H,1-4H3/q+1. The third kappa shape index (κ3) is 3.99. The summed E-state index contributed by atoms with van der Waals surface area (Å²) in [5.74, 6) is 0. The molecule has 0 saturated carbocycles. The molecule has 1 heterocycles. The minimum absolute atomic E-state index is 0.963. The lowest BCUT2D eigenvalue weighted by Crippen LogP contribution is -2.35. The summed E-state index contributed by atoms with van der Waals surface area (Å²) in [5.41, 5.74) is 9.74. The fourth-order valence-electron chi connectivity index (χ4n) is 4.29. The van der Waals surface area contributed by atoms with Crippen molar-refractivity contribution in [2.75, 3.05) is 38.0 Å². The summed E-state index contributed by atoms with van der Waals surface area (Å²) >= 11 is 0. The lowest BCUT2D eigenvalue weighted by Gasteiger charge is -2.16. The second-order valence-corrected chi connectivity index (χ2v) is 8.85. The van der Waals surface area contributed by atoms with E-state index >= 15 is 0 Å². The Labute approximate surface area is 201 Å². The molecular formula is C30H29N4+. The number of hydrogen-bond donors (Lipinski definition) is 0. The first kappa shape index (κ1) is 21.7. The van der Waals surface area contributed by atoms with E-state index in [2.05, 4.69) is 146 Å². The highest BCUT2D eigenvalue weighted by Crippen LogP contribution is 2.33. The van der Waals surface area contributed by atoms with E-state index in [0.29, 0.717) is 0 Å². The number of benzene rings is 4. The van der Waals surface area contributed by atoms with Crippen LogP contribution < -0.4 is 14.4 Å². The SMILES string of the molecule is CN(C)c1ccc(-c2nc3ccccc3[n+](-c3ccccc3)c2-c2ccc(N(C)C)cc2)cc1. The third-order valence-corrected chi connectivity index (χ3v) is 6.13. The highest BCUT2D eigenvalue weighted by atomic mass is 15.1. The second-order valence-electron chi connectivity index (χ2n) is 8.85. The molecule has 0 N–H and O–H groups in total. The Hall–Kier alpha value is -4.18. The van der Waals surface area contributed by atoms with E-state index in [-0.39, 0.29) is 0 Å². The fourth-order valence-corrected chi connectivity index (χ4v) is 4.29. The first-order valence-electron chi connectivity index (χ1n) is 11.5. The maximum Gasteiger partial charge on any atom is 0.245 e. The van der Waals surface area contributed by atoms with Crippen molar-refractivity contribution in [2.24, 2.45) is 0 Å². The van der Waals surface area contributed by atoms with E-state index in [1.165, 1.54) is 5.69 Å². The molecule has 0 aliphatic rings. The van der Waals surface area contributed by atoms with Gasteiger partial charge in [-0.15, -0.1) is 4.57 Å².